The van der Waals surface area contributed by atoms with Gasteiger partial charge in [0, 0.05) is 18.1 Å². The van der Waals surface area contributed by atoms with Crippen molar-refractivity contribution in [1.29, 1.82) is 0 Å². The molecule has 0 aromatic heterocycles. The monoisotopic (exact) mass is 335 g/mol. The molecule has 0 saturated carbocycles. The molecule has 4 nitrogen and oxygen atoms in total. The van der Waals surface area contributed by atoms with Crippen LogP contribution >= 0.6 is 11.6 Å². The highest BCUT2D eigenvalue weighted by Gasteiger charge is 2.28. The summed E-state index contributed by atoms with van der Waals surface area (Å²) in [7, 11) is -3.20. The summed E-state index contributed by atoms with van der Waals surface area (Å²) in [4.78, 5) is 0. The Hall–Kier alpha value is -0.690. The Morgan fingerprint density at radius 2 is 2.24 bits per heavy atom. The van der Waals surface area contributed by atoms with E-state index in [4.69, 9.17) is 11.6 Å². The summed E-state index contributed by atoms with van der Waals surface area (Å²) in [6, 6.07) is 3.90. The van der Waals surface area contributed by atoms with Gasteiger partial charge in [0.25, 0.3) is 0 Å². The molecule has 0 radical (unpaired) electrons. The largest absolute Gasteiger partial charge is 0.388 e. The second kappa shape index (κ2) is 6.60. The molecule has 0 spiro atoms. The first kappa shape index (κ1) is 16.7. The van der Waals surface area contributed by atoms with E-state index in [2.05, 4.69) is 0 Å². The van der Waals surface area contributed by atoms with Gasteiger partial charge in [-0.15, -0.1) is 0 Å². The maximum Gasteiger partial charge on any atom is 0.211 e. The summed E-state index contributed by atoms with van der Waals surface area (Å²) < 4.78 is 37.6. The molecule has 1 aromatic rings. The number of aliphatic hydroxyl groups excluding tert-OH is 1. The van der Waals surface area contributed by atoms with Gasteiger partial charge in [-0.25, -0.2) is 17.1 Å². The Kier molecular flexibility index (Phi) is 5.24. The molecule has 0 amide bonds. The van der Waals surface area contributed by atoms with Crippen LogP contribution in [0.2, 0.25) is 5.02 Å². The van der Waals surface area contributed by atoms with Crippen molar-refractivity contribution < 1.29 is 17.9 Å². The van der Waals surface area contributed by atoms with Crippen LogP contribution in [0.25, 0.3) is 0 Å². The maximum absolute atomic E-state index is 13.0. The number of benzene rings is 1. The van der Waals surface area contributed by atoms with E-state index in [-0.39, 0.29) is 10.9 Å². The fourth-order valence-electron chi connectivity index (χ4n) is 2.73. The van der Waals surface area contributed by atoms with Crippen LogP contribution < -0.4 is 0 Å². The molecule has 1 fully saturated rings. The van der Waals surface area contributed by atoms with Crippen LogP contribution in [0, 0.1) is 11.7 Å². The highest BCUT2D eigenvalue weighted by molar-refractivity contribution is 7.88. The van der Waals surface area contributed by atoms with Gasteiger partial charge in [-0.1, -0.05) is 17.7 Å². The second-order valence-corrected chi connectivity index (χ2v) is 7.94. The highest BCUT2D eigenvalue weighted by Crippen LogP contribution is 2.31. The van der Waals surface area contributed by atoms with Crippen molar-refractivity contribution in [1.82, 2.24) is 4.31 Å². The van der Waals surface area contributed by atoms with Gasteiger partial charge in [0.1, 0.15) is 5.82 Å². The fraction of sp³-hybridized carbons (Fsp3) is 0.571. The van der Waals surface area contributed by atoms with Crippen LogP contribution in [0.15, 0.2) is 18.2 Å². The number of halogens is 2. The summed E-state index contributed by atoms with van der Waals surface area (Å²) in [6.07, 6.45) is 2.44. The van der Waals surface area contributed by atoms with Crippen molar-refractivity contribution in [3.63, 3.8) is 0 Å². The molecule has 1 heterocycles. The van der Waals surface area contributed by atoms with E-state index in [0.29, 0.717) is 25.1 Å². The summed E-state index contributed by atoms with van der Waals surface area (Å²) in [5.41, 5.74) is 0.481. The number of piperidine rings is 1. The van der Waals surface area contributed by atoms with Gasteiger partial charge in [-0.2, -0.15) is 0 Å². The molecular formula is C14H19ClFNO3S. The molecule has 21 heavy (non-hydrogen) atoms. The topological polar surface area (TPSA) is 57.6 Å². The number of hydrogen-bond donors (Lipinski definition) is 1. The minimum absolute atomic E-state index is 0.0737. The van der Waals surface area contributed by atoms with Crippen molar-refractivity contribution in [3.05, 3.63) is 34.6 Å². The Morgan fingerprint density at radius 3 is 2.86 bits per heavy atom. The van der Waals surface area contributed by atoms with Crippen LogP contribution in [0.1, 0.15) is 30.9 Å². The van der Waals surface area contributed by atoms with Crippen LogP contribution in [0.3, 0.4) is 0 Å². The van der Waals surface area contributed by atoms with E-state index in [1.165, 1.54) is 28.8 Å². The molecule has 2 atom stereocenters. The Bertz CT molecular complexity index is 608. The molecule has 0 bridgehead atoms. The first-order valence-corrected chi connectivity index (χ1v) is 9.08. The van der Waals surface area contributed by atoms with E-state index in [1.807, 2.05) is 0 Å². The maximum atomic E-state index is 13.0. The smallest absolute Gasteiger partial charge is 0.211 e. The number of hydrogen-bond acceptors (Lipinski definition) is 3. The zero-order chi connectivity index (χ0) is 15.6. The molecule has 2 unspecified atom stereocenters. The highest BCUT2D eigenvalue weighted by atomic mass is 35.5. The molecule has 1 aromatic carbocycles. The lowest BCUT2D eigenvalue weighted by Gasteiger charge is -2.32. The minimum Gasteiger partial charge on any atom is -0.388 e. The van der Waals surface area contributed by atoms with E-state index in [1.54, 1.807) is 0 Å². The van der Waals surface area contributed by atoms with Crippen molar-refractivity contribution in [2.75, 3.05) is 19.3 Å². The number of aliphatic hydroxyl groups is 1. The first-order valence-electron chi connectivity index (χ1n) is 6.85. The van der Waals surface area contributed by atoms with Crippen molar-refractivity contribution in [3.8, 4) is 0 Å². The van der Waals surface area contributed by atoms with Gasteiger partial charge in [-0.3, -0.25) is 0 Å². The van der Waals surface area contributed by atoms with E-state index < -0.39 is 21.9 Å². The zero-order valence-corrected chi connectivity index (χ0v) is 13.4. The third-order valence-electron chi connectivity index (χ3n) is 3.83. The molecule has 7 heteroatoms. The Morgan fingerprint density at radius 1 is 1.52 bits per heavy atom. The molecule has 1 saturated heterocycles. The SMILES string of the molecule is CS(=O)(=O)N1CCCC(CC(O)c2ccc(F)cc2Cl)C1. The van der Waals surface area contributed by atoms with Crippen molar-refractivity contribution in [2.24, 2.45) is 5.92 Å². The van der Waals surface area contributed by atoms with E-state index in [0.717, 1.165) is 12.8 Å². The van der Waals surface area contributed by atoms with Gasteiger partial charge < -0.3 is 5.11 Å². The van der Waals surface area contributed by atoms with Gasteiger partial charge in [0.05, 0.1) is 12.4 Å². The van der Waals surface area contributed by atoms with Gasteiger partial charge in [-0.05, 0) is 42.9 Å². The van der Waals surface area contributed by atoms with Crippen LogP contribution in [-0.2, 0) is 10.0 Å². The predicted octanol–water partition coefficient (Wildman–Crippen LogP) is 2.57. The molecule has 0 aliphatic carbocycles. The van der Waals surface area contributed by atoms with Crippen LogP contribution in [-0.4, -0.2) is 37.2 Å². The zero-order valence-electron chi connectivity index (χ0n) is 11.8. The standard InChI is InChI=1S/C14H19ClFNO3S/c1-21(19,20)17-6-2-3-10(9-17)7-14(18)12-5-4-11(16)8-13(12)15/h4-5,8,10,14,18H,2-3,6-7,9H2,1H3. The molecule has 1 aliphatic rings. The molecule has 1 aliphatic heterocycles. The fourth-order valence-corrected chi connectivity index (χ4v) is 3.97. The third kappa shape index (κ3) is 4.39. The summed E-state index contributed by atoms with van der Waals surface area (Å²) in [5, 5.41) is 10.5. The summed E-state index contributed by atoms with van der Waals surface area (Å²) >= 11 is 5.94. The Labute approximate surface area is 129 Å². The molecule has 2 rings (SSSR count). The lowest BCUT2D eigenvalue weighted by molar-refractivity contribution is 0.123. The van der Waals surface area contributed by atoms with Crippen molar-refractivity contribution >= 4 is 21.6 Å². The van der Waals surface area contributed by atoms with E-state index in [9.17, 15) is 17.9 Å². The third-order valence-corrected chi connectivity index (χ3v) is 5.43. The summed E-state index contributed by atoms with van der Waals surface area (Å²) in [6.45, 7) is 0.942. The average molecular weight is 336 g/mol. The predicted molar refractivity (Wildman–Crippen MR) is 80.1 cm³/mol. The molecular weight excluding hydrogens is 317 g/mol. The van der Waals surface area contributed by atoms with Crippen LogP contribution in [0.5, 0.6) is 0 Å². The molecule has 1 N–H and O–H groups in total. The first-order chi connectivity index (χ1) is 9.77. The lowest BCUT2D eigenvalue weighted by atomic mass is 9.91. The molecule has 118 valence electrons. The lowest BCUT2D eigenvalue weighted by Crippen LogP contribution is -2.39. The second-order valence-electron chi connectivity index (χ2n) is 5.55. The Balaban J connectivity index is 2.03. The number of nitrogens with zero attached hydrogens (tertiary/aromatic N) is 1. The normalized spacial score (nSPS) is 22.2. The summed E-state index contributed by atoms with van der Waals surface area (Å²) in [5.74, 6) is -0.374. The van der Waals surface area contributed by atoms with Gasteiger partial charge in [0.2, 0.25) is 10.0 Å². The van der Waals surface area contributed by atoms with E-state index >= 15 is 0 Å². The minimum atomic E-state index is -3.20. The van der Waals surface area contributed by atoms with Crippen molar-refractivity contribution in [2.45, 2.75) is 25.4 Å². The number of sulfonamides is 1. The van der Waals surface area contributed by atoms with Gasteiger partial charge in [0.15, 0.2) is 0 Å². The quantitative estimate of drug-likeness (QED) is 0.920. The van der Waals surface area contributed by atoms with Crippen LogP contribution in [0.4, 0.5) is 4.39 Å². The number of rotatable bonds is 4. The van der Waals surface area contributed by atoms with Gasteiger partial charge >= 0.3 is 0 Å². The average Bonchev–Trinajstić information content (AvgIpc) is 2.37.